The summed E-state index contributed by atoms with van der Waals surface area (Å²) in [6.07, 6.45) is 9.53. The van der Waals surface area contributed by atoms with Gasteiger partial charge in [0, 0.05) is 44.3 Å². The molecule has 5 rings (SSSR count). The van der Waals surface area contributed by atoms with Crippen LogP contribution in [-0.2, 0) is 23.4 Å². The van der Waals surface area contributed by atoms with Gasteiger partial charge in [0.15, 0.2) is 0 Å². The van der Waals surface area contributed by atoms with Gasteiger partial charge in [0.2, 0.25) is 5.91 Å². The van der Waals surface area contributed by atoms with Gasteiger partial charge in [-0.2, -0.15) is 5.10 Å². The van der Waals surface area contributed by atoms with Crippen LogP contribution in [0.4, 0.5) is 5.82 Å². The third-order valence-corrected chi connectivity index (χ3v) is 6.12. The first-order chi connectivity index (χ1) is 14.2. The number of carbonyl (C=O) groups excluding carboxylic acids is 1. The highest BCUT2D eigenvalue weighted by Crippen LogP contribution is 2.41. The molecule has 1 saturated heterocycles. The lowest BCUT2D eigenvalue weighted by molar-refractivity contribution is -0.123. The van der Waals surface area contributed by atoms with Crippen molar-refractivity contribution in [3.8, 4) is 0 Å². The molecule has 3 aromatic heterocycles. The van der Waals surface area contributed by atoms with Gasteiger partial charge in [-0.05, 0) is 42.7 Å². The van der Waals surface area contributed by atoms with Crippen molar-refractivity contribution < 1.29 is 4.79 Å². The molecule has 0 unspecified atom stereocenters. The molecule has 0 N–H and O–H groups in total. The molecule has 148 valence electrons. The van der Waals surface area contributed by atoms with E-state index in [1.54, 1.807) is 12.4 Å². The lowest BCUT2D eigenvalue weighted by atomic mass is 9.82. The summed E-state index contributed by atoms with van der Waals surface area (Å²) in [5.41, 5.74) is 1.94. The fraction of sp³-hybridized carbons (Fsp3) is 0.364. The first-order valence-corrected chi connectivity index (χ1v) is 10.1. The quantitative estimate of drug-likeness (QED) is 0.687. The lowest BCUT2D eigenvalue weighted by Gasteiger charge is -2.46. The maximum absolute atomic E-state index is 13.2. The standard InChI is InChI=1S/C22H24N6O/c29-21-15-22(7-13-26(14-8-22)17-19-3-1-2-9-24-19)28-20(6-12-25-28)27(21)16-18-4-10-23-11-5-18/h1-6,9-12H,7-8,13-17H2. The Morgan fingerprint density at radius 1 is 0.931 bits per heavy atom. The number of aromatic nitrogens is 4. The van der Waals surface area contributed by atoms with E-state index < -0.39 is 0 Å². The van der Waals surface area contributed by atoms with Crippen molar-refractivity contribution in [1.82, 2.24) is 24.6 Å². The van der Waals surface area contributed by atoms with Crippen LogP contribution < -0.4 is 4.90 Å². The van der Waals surface area contributed by atoms with E-state index in [1.807, 2.05) is 47.6 Å². The van der Waals surface area contributed by atoms with E-state index in [0.717, 1.165) is 49.6 Å². The van der Waals surface area contributed by atoms with Crippen molar-refractivity contribution in [3.63, 3.8) is 0 Å². The van der Waals surface area contributed by atoms with Crippen molar-refractivity contribution in [2.24, 2.45) is 0 Å². The van der Waals surface area contributed by atoms with Crippen molar-refractivity contribution >= 4 is 11.7 Å². The second kappa shape index (κ2) is 7.40. The van der Waals surface area contributed by atoms with Crippen molar-refractivity contribution in [1.29, 1.82) is 0 Å². The maximum atomic E-state index is 13.2. The van der Waals surface area contributed by atoms with Gasteiger partial charge in [0.05, 0.1) is 30.4 Å². The summed E-state index contributed by atoms with van der Waals surface area (Å²) >= 11 is 0. The Labute approximate surface area is 170 Å². The van der Waals surface area contributed by atoms with Crippen molar-refractivity contribution in [2.45, 2.75) is 37.9 Å². The second-order valence-corrected chi connectivity index (χ2v) is 7.93. The van der Waals surface area contributed by atoms with Gasteiger partial charge in [0.25, 0.3) is 0 Å². The third kappa shape index (κ3) is 3.42. The molecule has 29 heavy (non-hydrogen) atoms. The Morgan fingerprint density at radius 2 is 1.76 bits per heavy atom. The van der Waals surface area contributed by atoms with E-state index >= 15 is 0 Å². The average Bonchev–Trinajstić information content (AvgIpc) is 3.25. The Hall–Kier alpha value is -3.06. The van der Waals surface area contributed by atoms with Gasteiger partial charge in [0.1, 0.15) is 5.82 Å². The molecule has 1 spiro atoms. The molecule has 0 atom stereocenters. The van der Waals surface area contributed by atoms with Gasteiger partial charge in [-0.15, -0.1) is 0 Å². The molecule has 0 radical (unpaired) electrons. The minimum Gasteiger partial charge on any atom is -0.297 e. The van der Waals surface area contributed by atoms with E-state index in [0.29, 0.717) is 13.0 Å². The highest BCUT2D eigenvalue weighted by atomic mass is 16.2. The smallest absolute Gasteiger partial charge is 0.230 e. The number of hydrogen-bond acceptors (Lipinski definition) is 5. The minimum atomic E-state index is -0.217. The SMILES string of the molecule is O=C1CC2(CCN(Cc3ccccn3)CC2)n2nccc2N1Cc1ccncc1. The molecule has 1 fully saturated rings. The predicted octanol–water partition coefficient (Wildman–Crippen LogP) is 2.60. The van der Waals surface area contributed by atoms with Crippen LogP contribution in [0.25, 0.3) is 0 Å². The summed E-state index contributed by atoms with van der Waals surface area (Å²) in [7, 11) is 0. The molecule has 0 aromatic carbocycles. The summed E-state index contributed by atoms with van der Waals surface area (Å²) in [6, 6.07) is 11.9. The fourth-order valence-corrected chi connectivity index (χ4v) is 4.52. The summed E-state index contributed by atoms with van der Waals surface area (Å²) in [5.74, 6) is 1.07. The molecule has 1 amide bonds. The number of pyridine rings is 2. The molecule has 7 heteroatoms. The average molecular weight is 388 g/mol. The molecular weight excluding hydrogens is 364 g/mol. The molecule has 3 aromatic rings. The molecule has 7 nitrogen and oxygen atoms in total. The number of piperidine rings is 1. The normalized spacial score (nSPS) is 18.8. The first kappa shape index (κ1) is 18.0. The Bertz CT molecular complexity index is 979. The largest absolute Gasteiger partial charge is 0.297 e. The van der Waals surface area contributed by atoms with E-state index in [-0.39, 0.29) is 11.4 Å². The maximum Gasteiger partial charge on any atom is 0.230 e. The topological polar surface area (TPSA) is 67.2 Å². The van der Waals surface area contributed by atoms with Gasteiger partial charge in [-0.1, -0.05) is 6.07 Å². The minimum absolute atomic E-state index is 0.174. The zero-order valence-corrected chi connectivity index (χ0v) is 16.3. The number of hydrogen-bond donors (Lipinski definition) is 0. The molecule has 2 aliphatic rings. The lowest BCUT2D eigenvalue weighted by Crippen LogP contribution is -2.53. The summed E-state index contributed by atoms with van der Waals surface area (Å²) in [4.78, 5) is 25.9. The summed E-state index contributed by atoms with van der Waals surface area (Å²) in [6.45, 7) is 3.28. The molecule has 0 saturated carbocycles. The zero-order chi connectivity index (χ0) is 19.7. The third-order valence-electron chi connectivity index (χ3n) is 6.12. The number of rotatable bonds is 4. The number of likely N-dealkylation sites (tertiary alicyclic amines) is 1. The summed E-state index contributed by atoms with van der Waals surface area (Å²) < 4.78 is 2.10. The zero-order valence-electron chi connectivity index (χ0n) is 16.3. The number of anilines is 1. The van der Waals surface area contributed by atoms with Gasteiger partial charge in [-0.25, -0.2) is 4.68 Å². The predicted molar refractivity (Wildman–Crippen MR) is 109 cm³/mol. The highest BCUT2D eigenvalue weighted by molar-refractivity contribution is 5.94. The fourth-order valence-electron chi connectivity index (χ4n) is 4.52. The Morgan fingerprint density at radius 3 is 2.52 bits per heavy atom. The van der Waals surface area contributed by atoms with Gasteiger partial charge >= 0.3 is 0 Å². The molecule has 5 heterocycles. The number of fused-ring (bicyclic) bond motifs is 2. The first-order valence-electron chi connectivity index (χ1n) is 10.1. The van der Waals surface area contributed by atoms with Crippen LogP contribution in [0.15, 0.2) is 61.2 Å². The monoisotopic (exact) mass is 388 g/mol. The van der Waals surface area contributed by atoms with Crippen LogP contribution >= 0.6 is 0 Å². The van der Waals surface area contributed by atoms with E-state index in [9.17, 15) is 4.79 Å². The van der Waals surface area contributed by atoms with Crippen LogP contribution in [-0.4, -0.2) is 43.6 Å². The van der Waals surface area contributed by atoms with Gasteiger partial charge in [-0.3, -0.25) is 24.6 Å². The number of carbonyl (C=O) groups is 1. The highest BCUT2D eigenvalue weighted by Gasteiger charge is 2.45. The van der Waals surface area contributed by atoms with E-state index in [2.05, 4.69) is 30.7 Å². The Balaban J connectivity index is 1.34. The molecule has 0 bridgehead atoms. The van der Waals surface area contributed by atoms with Crippen LogP contribution in [0.2, 0.25) is 0 Å². The van der Waals surface area contributed by atoms with Crippen LogP contribution in [0.1, 0.15) is 30.5 Å². The van der Waals surface area contributed by atoms with Crippen LogP contribution in [0.3, 0.4) is 0 Å². The van der Waals surface area contributed by atoms with E-state index in [1.165, 1.54) is 0 Å². The van der Waals surface area contributed by atoms with Gasteiger partial charge < -0.3 is 0 Å². The molecule has 0 aliphatic carbocycles. The van der Waals surface area contributed by atoms with Crippen molar-refractivity contribution in [2.75, 3.05) is 18.0 Å². The second-order valence-electron chi connectivity index (χ2n) is 7.93. The van der Waals surface area contributed by atoms with Crippen molar-refractivity contribution in [3.05, 3.63) is 72.4 Å². The molecular formula is C22H24N6O. The number of amides is 1. The van der Waals surface area contributed by atoms with Crippen LogP contribution in [0.5, 0.6) is 0 Å². The Kier molecular flexibility index (Phi) is 4.60. The number of nitrogens with zero attached hydrogens (tertiary/aromatic N) is 6. The van der Waals surface area contributed by atoms with Crippen LogP contribution in [0, 0.1) is 0 Å². The van der Waals surface area contributed by atoms with E-state index in [4.69, 9.17) is 0 Å². The summed E-state index contributed by atoms with van der Waals surface area (Å²) in [5, 5.41) is 4.65. The molecule has 2 aliphatic heterocycles.